The second kappa shape index (κ2) is 10.1. The molecule has 7 nitrogen and oxygen atoms in total. The Labute approximate surface area is 218 Å². The Hall–Kier alpha value is -1.40. The maximum atomic E-state index is 12.8. The third-order valence-corrected chi connectivity index (χ3v) is 9.35. The third kappa shape index (κ3) is 5.17. The van der Waals surface area contributed by atoms with Crippen LogP contribution in [0.4, 0.5) is 5.82 Å². The van der Waals surface area contributed by atoms with Crippen molar-refractivity contribution in [2.45, 2.75) is 11.3 Å². The van der Waals surface area contributed by atoms with Crippen molar-refractivity contribution in [2.24, 2.45) is 0 Å². The smallest absolute Gasteiger partial charge is 0.245 e. The molecule has 1 aromatic carbocycles. The SMILES string of the molecule is CN(CCCNc1cc(-c2ccccc2Cl)nc2c(Br)cnn12)S(=O)(=O)c1cc(Cl)sc1Cl. The molecule has 0 saturated carbocycles. The van der Waals surface area contributed by atoms with Crippen molar-refractivity contribution in [2.75, 3.05) is 25.5 Å². The molecule has 1 N–H and O–H groups in total. The van der Waals surface area contributed by atoms with Crippen LogP contribution in [-0.4, -0.2) is 47.5 Å². The topological polar surface area (TPSA) is 79.6 Å². The van der Waals surface area contributed by atoms with E-state index in [4.69, 9.17) is 34.8 Å². The highest BCUT2D eigenvalue weighted by molar-refractivity contribution is 9.10. The zero-order chi connectivity index (χ0) is 23.8. The van der Waals surface area contributed by atoms with Crippen LogP contribution in [0.15, 0.2) is 52.0 Å². The van der Waals surface area contributed by atoms with Crippen LogP contribution in [0.5, 0.6) is 0 Å². The molecule has 0 fully saturated rings. The van der Waals surface area contributed by atoms with Crippen molar-refractivity contribution < 1.29 is 8.42 Å². The summed E-state index contributed by atoms with van der Waals surface area (Å²) in [5.74, 6) is 0.707. The number of hydrogen-bond donors (Lipinski definition) is 1. The highest BCUT2D eigenvalue weighted by atomic mass is 79.9. The minimum absolute atomic E-state index is 0.0243. The number of thiophene rings is 1. The summed E-state index contributed by atoms with van der Waals surface area (Å²) < 4.78 is 29.7. The molecule has 0 amide bonds. The van der Waals surface area contributed by atoms with E-state index in [0.29, 0.717) is 39.5 Å². The van der Waals surface area contributed by atoms with Crippen molar-refractivity contribution in [3.8, 4) is 11.3 Å². The lowest BCUT2D eigenvalue weighted by Crippen LogP contribution is -2.29. The number of hydrogen-bond acceptors (Lipinski definition) is 6. The summed E-state index contributed by atoms with van der Waals surface area (Å²) in [6, 6.07) is 10.7. The molecule has 4 rings (SSSR count). The summed E-state index contributed by atoms with van der Waals surface area (Å²) in [7, 11) is -2.21. The summed E-state index contributed by atoms with van der Waals surface area (Å²) in [6.45, 7) is 0.782. The fourth-order valence-electron chi connectivity index (χ4n) is 3.18. The van der Waals surface area contributed by atoms with E-state index in [2.05, 4.69) is 31.3 Å². The highest BCUT2D eigenvalue weighted by Crippen LogP contribution is 2.35. The van der Waals surface area contributed by atoms with Gasteiger partial charge in [-0.3, -0.25) is 0 Å². The average Bonchev–Trinajstić information content (AvgIpc) is 3.32. The van der Waals surface area contributed by atoms with Crippen LogP contribution < -0.4 is 5.32 Å². The van der Waals surface area contributed by atoms with Gasteiger partial charge in [-0.05, 0) is 34.5 Å². The standard InChI is InChI=1S/C20H17BrCl3N5O2S2/c1-28(33(30,31)16-10-17(23)32-19(16)24)8-4-7-25-18-9-15(12-5-2-3-6-14(12)22)27-20-13(21)11-26-29(18)20/h2-3,5-6,9-11,25H,4,7-8H2,1H3. The van der Waals surface area contributed by atoms with Crippen LogP contribution >= 0.6 is 62.1 Å². The first-order valence-electron chi connectivity index (χ1n) is 9.62. The number of fused-ring (bicyclic) bond motifs is 1. The number of nitrogens with zero attached hydrogens (tertiary/aromatic N) is 4. The van der Waals surface area contributed by atoms with E-state index in [0.717, 1.165) is 21.4 Å². The van der Waals surface area contributed by atoms with Gasteiger partial charge in [0.15, 0.2) is 5.65 Å². The molecular weight excluding hydrogens is 593 g/mol. The lowest BCUT2D eigenvalue weighted by Gasteiger charge is -2.17. The molecule has 0 aliphatic rings. The first kappa shape index (κ1) is 24.7. The van der Waals surface area contributed by atoms with Gasteiger partial charge in [0.25, 0.3) is 0 Å². The molecule has 4 aromatic rings. The molecule has 3 aromatic heterocycles. The number of halogens is 4. The van der Waals surface area contributed by atoms with E-state index in [1.54, 1.807) is 10.7 Å². The largest absolute Gasteiger partial charge is 0.370 e. The minimum Gasteiger partial charge on any atom is -0.370 e. The molecule has 0 radical (unpaired) electrons. The van der Waals surface area contributed by atoms with E-state index in [9.17, 15) is 8.42 Å². The molecule has 0 saturated heterocycles. The first-order valence-corrected chi connectivity index (χ1v) is 13.8. The summed E-state index contributed by atoms with van der Waals surface area (Å²) in [6.07, 6.45) is 2.21. The van der Waals surface area contributed by atoms with Crippen molar-refractivity contribution in [1.29, 1.82) is 0 Å². The fraction of sp³-hybridized carbons (Fsp3) is 0.200. The Bertz CT molecular complexity index is 1420. The Morgan fingerprint density at radius 1 is 1.21 bits per heavy atom. The summed E-state index contributed by atoms with van der Waals surface area (Å²) in [5.41, 5.74) is 2.13. The van der Waals surface area contributed by atoms with Crippen LogP contribution in [0.25, 0.3) is 16.9 Å². The number of rotatable bonds is 8. The van der Waals surface area contributed by atoms with Crippen molar-refractivity contribution >= 4 is 83.6 Å². The van der Waals surface area contributed by atoms with Gasteiger partial charge in [0.05, 0.1) is 20.7 Å². The van der Waals surface area contributed by atoms with E-state index >= 15 is 0 Å². The van der Waals surface area contributed by atoms with Crippen LogP contribution in [-0.2, 0) is 10.0 Å². The minimum atomic E-state index is -3.72. The van der Waals surface area contributed by atoms with Gasteiger partial charge >= 0.3 is 0 Å². The first-order chi connectivity index (χ1) is 15.7. The molecule has 3 heterocycles. The van der Waals surface area contributed by atoms with Crippen molar-refractivity contribution in [3.05, 3.63) is 60.8 Å². The molecular formula is C20H17BrCl3N5O2S2. The van der Waals surface area contributed by atoms with Crippen LogP contribution in [0.2, 0.25) is 13.7 Å². The van der Waals surface area contributed by atoms with Gasteiger partial charge in [0, 0.05) is 36.8 Å². The Morgan fingerprint density at radius 2 is 1.97 bits per heavy atom. The van der Waals surface area contributed by atoms with Gasteiger partial charge in [-0.2, -0.15) is 9.61 Å². The highest BCUT2D eigenvalue weighted by Gasteiger charge is 2.25. The number of benzene rings is 1. The van der Waals surface area contributed by atoms with Gasteiger partial charge in [-0.1, -0.05) is 53.0 Å². The van der Waals surface area contributed by atoms with E-state index in [-0.39, 0.29) is 15.8 Å². The maximum Gasteiger partial charge on any atom is 0.245 e. The van der Waals surface area contributed by atoms with Crippen molar-refractivity contribution in [3.63, 3.8) is 0 Å². The van der Waals surface area contributed by atoms with E-state index in [1.807, 2.05) is 30.3 Å². The third-order valence-electron chi connectivity index (χ3n) is 4.85. The molecule has 0 unspecified atom stereocenters. The second-order valence-corrected chi connectivity index (χ2v) is 12.6. The van der Waals surface area contributed by atoms with Gasteiger partial charge < -0.3 is 5.32 Å². The molecule has 0 spiro atoms. The maximum absolute atomic E-state index is 12.8. The predicted molar refractivity (Wildman–Crippen MR) is 138 cm³/mol. The molecule has 0 atom stereocenters. The molecule has 0 aliphatic heterocycles. The molecule has 13 heteroatoms. The average molecular weight is 610 g/mol. The number of aromatic nitrogens is 3. The lowest BCUT2D eigenvalue weighted by atomic mass is 10.1. The molecule has 0 bridgehead atoms. The monoisotopic (exact) mass is 607 g/mol. The zero-order valence-corrected chi connectivity index (χ0v) is 22.6. The lowest BCUT2D eigenvalue weighted by molar-refractivity contribution is 0.466. The van der Waals surface area contributed by atoms with Crippen molar-refractivity contribution in [1.82, 2.24) is 18.9 Å². The summed E-state index contributed by atoms with van der Waals surface area (Å²) in [5, 5.41) is 8.27. The Morgan fingerprint density at radius 3 is 2.67 bits per heavy atom. The van der Waals surface area contributed by atoms with Gasteiger partial charge in [0.2, 0.25) is 10.0 Å². The van der Waals surface area contributed by atoms with Gasteiger partial charge in [-0.25, -0.2) is 17.7 Å². The predicted octanol–water partition coefficient (Wildman–Crippen LogP) is 6.30. The van der Waals surface area contributed by atoms with E-state index < -0.39 is 10.0 Å². The summed E-state index contributed by atoms with van der Waals surface area (Å²) >= 11 is 22.8. The normalized spacial score (nSPS) is 12.1. The fourth-order valence-corrected chi connectivity index (χ4v) is 7.07. The molecule has 0 aliphatic carbocycles. The number of anilines is 1. The number of sulfonamides is 1. The quantitative estimate of drug-likeness (QED) is 0.237. The van der Waals surface area contributed by atoms with Gasteiger partial charge in [-0.15, -0.1) is 11.3 Å². The Kier molecular flexibility index (Phi) is 7.54. The van der Waals surface area contributed by atoms with Gasteiger partial charge in [0.1, 0.15) is 15.0 Å². The van der Waals surface area contributed by atoms with Crippen LogP contribution in [0.3, 0.4) is 0 Å². The van der Waals surface area contributed by atoms with E-state index in [1.165, 1.54) is 17.4 Å². The summed E-state index contributed by atoms with van der Waals surface area (Å²) in [4.78, 5) is 4.70. The number of nitrogens with one attached hydrogen (secondary N) is 1. The molecule has 174 valence electrons. The zero-order valence-electron chi connectivity index (χ0n) is 17.1. The molecule has 33 heavy (non-hydrogen) atoms. The van der Waals surface area contributed by atoms with Crippen LogP contribution in [0.1, 0.15) is 6.42 Å². The van der Waals surface area contributed by atoms with Crippen LogP contribution in [0, 0.1) is 0 Å². The second-order valence-electron chi connectivity index (χ2n) is 7.03. The Balaban J connectivity index is 1.49.